The van der Waals surface area contributed by atoms with Crippen molar-refractivity contribution >= 4 is 23.2 Å². The molecule has 1 amide bonds. The quantitative estimate of drug-likeness (QED) is 0.675. The van der Waals surface area contributed by atoms with Gasteiger partial charge in [-0.2, -0.15) is 0 Å². The Morgan fingerprint density at radius 2 is 2.22 bits per heavy atom. The molecular formula is C16H27N5OS. The summed E-state index contributed by atoms with van der Waals surface area (Å²) in [5.41, 5.74) is -0.220. The first-order valence-electron chi connectivity index (χ1n) is 7.93. The van der Waals surface area contributed by atoms with Gasteiger partial charge in [0.05, 0.1) is 23.6 Å². The van der Waals surface area contributed by atoms with Crippen LogP contribution in [0.2, 0.25) is 0 Å². The van der Waals surface area contributed by atoms with Gasteiger partial charge < -0.3 is 15.1 Å². The second kappa shape index (κ2) is 6.86. The number of aliphatic imine (C=N–C) groups is 1. The van der Waals surface area contributed by atoms with Crippen molar-refractivity contribution in [3.8, 4) is 0 Å². The standard InChI is InChI=1S/C16H27N5OS/c1-11(2)21-14(22)9-20(10-16(21,4)5)15(17-6)19-8-13-7-18-12(3)23-13/h7,11H,8-10H2,1-6H3,(H,17,19). The fourth-order valence-corrected chi connectivity index (χ4v) is 4.03. The lowest BCUT2D eigenvalue weighted by Gasteiger charge is -2.49. The van der Waals surface area contributed by atoms with Crippen LogP contribution in [0.25, 0.3) is 0 Å². The van der Waals surface area contributed by atoms with Crippen molar-refractivity contribution in [3.05, 3.63) is 16.1 Å². The largest absolute Gasteiger partial charge is 0.351 e. The molecule has 1 fully saturated rings. The third-order valence-electron chi connectivity index (χ3n) is 3.94. The molecule has 6 nitrogen and oxygen atoms in total. The van der Waals surface area contributed by atoms with Gasteiger partial charge in [-0.15, -0.1) is 11.3 Å². The van der Waals surface area contributed by atoms with E-state index < -0.39 is 0 Å². The molecule has 1 aliphatic heterocycles. The Hall–Kier alpha value is -1.63. The van der Waals surface area contributed by atoms with E-state index in [1.807, 2.05) is 22.9 Å². The van der Waals surface area contributed by atoms with Crippen molar-refractivity contribution in [2.45, 2.75) is 52.7 Å². The van der Waals surface area contributed by atoms with E-state index in [1.54, 1.807) is 18.4 Å². The van der Waals surface area contributed by atoms with Gasteiger partial charge >= 0.3 is 0 Å². The maximum absolute atomic E-state index is 12.6. The highest BCUT2D eigenvalue weighted by molar-refractivity contribution is 7.11. The smallest absolute Gasteiger partial charge is 0.242 e. The average Bonchev–Trinajstić information content (AvgIpc) is 2.82. The molecule has 1 aromatic rings. The maximum atomic E-state index is 12.6. The van der Waals surface area contributed by atoms with E-state index >= 15 is 0 Å². The number of amides is 1. The number of aromatic nitrogens is 1. The highest BCUT2D eigenvalue weighted by atomic mass is 32.1. The van der Waals surface area contributed by atoms with Crippen LogP contribution in [0, 0.1) is 6.92 Å². The summed E-state index contributed by atoms with van der Waals surface area (Å²) >= 11 is 1.67. The van der Waals surface area contributed by atoms with Crippen LogP contribution in [0.3, 0.4) is 0 Å². The van der Waals surface area contributed by atoms with Gasteiger partial charge in [-0.1, -0.05) is 0 Å². The molecule has 1 aromatic heterocycles. The summed E-state index contributed by atoms with van der Waals surface area (Å²) in [6.45, 7) is 12.1. The molecule has 0 spiro atoms. The van der Waals surface area contributed by atoms with E-state index in [0.717, 1.165) is 22.4 Å². The van der Waals surface area contributed by atoms with E-state index in [4.69, 9.17) is 0 Å². The van der Waals surface area contributed by atoms with Gasteiger partial charge in [-0.3, -0.25) is 9.79 Å². The number of nitrogens with zero attached hydrogens (tertiary/aromatic N) is 4. The highest BCUT2D eigenvalue weighted by Gasteiger charge is 2.40. The van der Waals surface area contributed by atoms with Crippen molar-refractivity contribution in [3.63, 3.8) is 0 Å². The molecule has 0 aliphatic carbocycles. The van der Waals surface area contributed by atoms with E-state index in [9.17, 15) is 4.79 Å². The fraction of sp³-hybridized carbons (Fsp3) is 0.688. The molecule has 0 saturated carbocycles. The molecule has 7 heteroatoms. The zero-order valence-electron chi connectivity index (χ0n) is 14.9. The van der Waals surface area contributed by atoms with Gasteiger partial charge in [0.1, 0.15) is 0 Å². The summed E-state index contributed by atoms with van der Waals surface area (Å²) in [6, 6.07) is 0.204. The van der Waals surface area contributed by atoms with Crippen LogP contribution >= 0.6 is 11.3 Å². The van der Waals surface area contributed by atoms with E-state index in [0.29, 0.717) is 13.1 Å². The zero-order valence-corrected chi connectivity index (χ0v) is 15.7. The highest BCUT2D eigenvalue weighted by Crippen LogP contribution is 2.24. The first kappa shape index (κ1) is 17.7. The predicted octanol–water partition coefficient (Wildman–Crippen LogP) is 1.86. The number of piperazine rings is 1. The lowest BCUT2D eigenvalue weighted by Crippen LogP contribution is -2.66. The minimum atomic E-state index is -0.220. The predicted molar refractivity (Wildman–Crippen MR) is 94.7 cm³/mol. The average molecular weight is 337 g/mol. The SMILES string of the molecule is CN=C(NCc1cnc(C)s1)N1CC(=O)N(C(C)C)C(C)(C)C1. The van der Waals surface area contributed by atoms with E-state index in [-0.39, 0.29) is 17.5 Å². The Kier molecular flexibility index (Phi) is 5.29. The summed E-state index contributed by atoms with van der Waals surface area (Å²) in [7, 11) is 1.76. The number of rotatable bonds is 3. The molecule has 0 bridgehead atoms. The van der Waals surface area contributed by atoms with Gasteiger partial charge in [-0.25, -0.2) is 4.98 Å². The Morgan fingerprint density at radius 1 is 1.52 bits per heavy atom. The minimum absolute atomic E-state index is 0.146. The lowest BCUT2D eigenvalue weighted by atomic mass is 9.96. The lowest BCUT2D eigenvalue weighted by molar-refractivity contribution is -0.145. The summed E-state index contributed by atoms with van der Waals surface area (Å²) in [5.74, 6) is 0.911. The third kappa shape index (κ3) is 4.02. The number of aryl methyl sites for hydroxylation is 1. The number of thiazole rings is 1. The molecule has 23 heavy (non-hydrogen) atoms. The van der Waals surface area contributed by atoms with Crippen LogP contribution in [0.4, 0.5) is 0 Å². The number of guanidine groups is 1. The summed E-state index contributed by atoms with van der Waals surface area (Å²) < 4.78 is 0. The number of nitrogens with one attached hydrogen (secondary N) is 1. The molecule has 128 valence electrons. The van der Waals surface area contributed by atoms with Gasteiger partial charge in [0.15, 0.2) is 5.96 Å². The van der Waals surface area contributed by atoms with Crippen LogP contribution < -0.4 is 5.32 Å². The van der Waals surface area contributed by atoms with Crippen LogP contribution in [0.5, 0.6) is 0 Å². The van der Waals surface area contributed by atoms with Crippen molar-refractivity contribution in [1.82, 2.24) is 20.1 Å². The van der Waals surface area contributed by atoms with Crippen molar-refractivity contribution in [1.29, 1.82) is 0 Å². The molecule has 1 saturated heterocycles. The number of hydrogen-bond donors (Lipinski definition) is 1. The van der Waals surface area contributed by atoms with E-state index in [1.165, 1.54) is 0 Å². The maximum Gasteiger partial charge on any atom is 0.242 e. The van der Waals surface area contributed by atoms with Gasteiger partial charge in [-0.05, 0) is 34.6 Å². The van der Waals surface area contributed by atoms with Crippen LogP contribution in [-0.4, -0.2) is 58.4 Å². The van der Waals surface area contributed by atoms with Crippen LogP contribution in [-0.2, 0) is 11.3 Å². The molecule has 2 heterocycles. The van der Waals surface area contributed by atoms with Crippen molar-refractivity contribution in [2.75, 3.05) is 20.1 Å². The van der Waals surface area contributed by atoms with Gasteiger partial charge in [0, 0.05) is 30.7 Å². The molecule has 0 atom stereocenters. The first-order chi connectivity index (χ1) is 10.7. The molecular weight excluding hydrogens is 310 g/mol. The monoisotopic (exact) mass is 337 g/mol. The molecule has 0 radical (unpaired) electrons. The van der Waals surface area contributed by atoms with Crippen LogP contribution in [0.15, 0.2) is 11.2 Å². The Balaban J connectivity index is 2.06. The molecule has 1 aliphatic rings. The first-order valence-corrected chi connectivity index (χ1v) is 8.75. The second-order valence-electron chi connectivity index (χ2n) is 6.77. The van der Waals surface area contributed by atoms with Gasteiger partial charge in [0.25, 0.3) is 0 Å². The van der Waals surface area contributed by atoms with Gasteiger partial charge in [0.2, 0.25) is 5.91 Å². The number of carbonyl (C=O) groups excluding carboxylic acids is 1. The third-order valence-corrected chi connectivity index (χ3v) is 4.86. The Morgan fingerprint density at radius 3 is 2.70 bits per heavy atom. The van der Waals surface area contributed by atoms with Crippen molar-refractivity contribution in [2.24, 2.45) is 4.99 Å². The Labute approximate surface area is 142 Å². The second-order valence-corrected chi connectivity index (χ2v) is 8.09. The number of carbonyl (C=O) groups is 1. The summed E-state index contributed by atoms with van der Waals surface area (Å²) in [6.07, 6.45) is 1.88. The molecule has 0 aromatic carbocycles. The van der Waals surface area contributed by atoms with Crippen LogP contribution in [0.1, 0.15) is 37.6 Å². The van der Waals surface area contributed by atoms with Crippen molar-refractivity contribution < 1.29 is 4.79 Å². The molecule has 0 unspecified atom stereocenters. The molecule has 2 rings (SSSR count). The normalized spacial score (nSPS) is 18.7. The molecule has 1 N–H and O–H groups in total. The fourth-order valence-electron chi connectivity index (χ4n) is 3.30. The minimum Gasteiger partial charge on any atom is -0.351 e. The summed E-state index contributed by atoms with van der Waals surface area (Å²) in [5, 5.41) is 4.40. The Bertz CT molecular complexity index is 593. The zero-order chi connectivity index (χ0) is 17.2. The summed E-state index contributed by atoms with van der Waals surface area (Å²) in [4.78, 5) is 26.3. The topological polar surface area (TPSA) is 60.8 Å². The van der Waals surface area contributed by atoms with E-state index in [2.05, 4.69) is 43.0 Å². The number of hydrogen-bond acceptors (Lipinski definition) is 4.